The zero-order valence-electron chi connectivity index (χ0n) is 9.28. The van der Waals surface area contributed by atoms with Crippen LogP contribution in [0.3, 0.4) is 0 Å². The molecular formula is C13H18GeN2O2. The van der Waals surface area contributed by atoms with Crippen LogP contribution >= 0.6 is 0 Å². The molecule has 0 aliphatic carbocycles. The Morgan fingerprint density at radius 3 is 2.28 bits per heavy atom. The summed E-state index contributed by atoms with van der Waals surface area (Å²) in [6, 6.07) is 10.8. The van der Waals surface area contributed by atoms with Gasteiger partial charge in [0.1, 0.15) is 6.04 Å². The molecule has 1 aromatic carbocycles. The number of hydrogen-bond acceptors (Lipinski definition) is 2. The number of carboxylic acid groups (broad SMARTS) is 1. The molecule has 2 aromatic rings. The zero-order chi connectivity index (χ0) is 12.3. The van der Waals surface area contributed by atoms with Gasteiger partial charge in [-0.1, -0.05) is 12.1 Å². The van der Waals surface area contributed by atoms with Crippen molar-refractivity contribution in [3.8, 4) is 5.69 Å². The maximum atomic E-state index is 10.6. The second kappa shape index (κ2) is 6.42. The topological polar surface area (TPSA) is 68.2 Å². The molecule has 0 bridgehead atoms. The zero-order valence-corrected chi connectivity index (χ0v) is 9.28. The van der Waals surface area contributed by atoms with E-state index >= 15 is 0 Å². The number of nitrogens with zero attached hydrogens (tertiary/aromatic N) is 1. The molecule has 0 radical (unpaired) electrons. The van der Waals surface area contributed by atoms with Crippen molar-refractivity contribution in [2.24, 2.45) is 5.73 Å². The van der Waals surface area contributed by atoms with E-state index in [2.05, 4.69) is 0 Å². The molecule has 0 saturated heterocycles. The summed E-state index contributed by atoms with van der Waals surface area (Å²) >= 11 is 0. The van der Waals surface area contributed by atoms with Gasteiger partial charge in [-0.3, -0.25) is 4.79 Å². The van der Waals surface area contributed by atoms with E-state index in [1.807, 2.05) is 53.4 Å². The van der Waals surface area contributed by atoms with E-state index < -0.39 is 12.0 Å². The molecule has 18 heavy (non-hydrogen) atoms. The number of nitrogens with two attached hydrogens (primary N) is 1. The monoisotopic (exact) mass is 308 g/mol. The van der Waals surface area contributed by atoms with Crippen LogP contribution in [0.25, 0.3) is 5.69 Å². The van der Waals surface area contributed by atoms with E-state index in [0.717, 1.165) is 11.3 Å². The molecule has 2 rings (SSSR count). The van der Waals surface area contributed by atoms with Gasteiger partial charge in [-0.2, -0.15) is 0 Å². The normalized spacial score (nSPS) is 11.6. The molecular weight excluding hydrogens is 289 g/mol. The van der Waals surface area contributed by atoms with Gasteiger partial charge in [0.25, 0.3) is 0 Å². The second-order valence-electron chi connectivity index (χ2n) is 3.91. The van der Waals surface area contributed by atoms with Crippen LogP contribution in [-0.4, -0.2) is 39.3 Å². The first-order chi connectivity index (χ1) is 8.16. The number of aromatic nitrogens is 1. The third-order valence-corrected chi connectivity index (χ3v) is 2.61. The van der Waals surface area contributed by atoms with E-state index in [-0.39, 0.29) is 17.6 Å². The van der Waals surface area contributed by atoms with Crippen molar-refractivity contribution in [1.82, 2.24) is 4.57 Å². The molecule has 0 amide bonds. The molecule has 0 aliphatic heterocycles. The number of aliphatic carboxylic acids is 1. The summed E-state index contributed by atoms with van der Waals surface area (Å²) in [7, 11) is 0. The predicted molar refractivity (Wildman–Crippen MR) is 76.4 cm³/mol. The average molecular weight is 307 g/mol. The van der Waals surface area contributed by atoms with Crippen LogP contribution in [-0.2, 0) is 11.2 Å². The molecule has 0 spiro atoms. The molecule has 0 unspecified atom stereocenters. The fourth-order valence-corrected chi connectivity index (χ4v) is 1.65. The van der Waals surface area contributed by atoms with E-state index in [9.17, 15) is 4.79 Å². The second-order valence-corrected chi connectivity index (χ2v) is 3.91. The molecule has 0 fully saturated rings. The minimum absolute atomic E-state index is 0. The fourth-order valence-electron chi connectivity index (χ4n) is 1.65. The van der Waals surface area contributed by atoms with Crippen molar-refractivity contribution in [3.63, 3.8) is 0 Å². The quantitative estimate of drug-likeness (QED) is 0.780. The molecule has 4 nitrogen and oxygen atoms in total. The summed E-state index contributed by atoms with van der Waals surface area (Å²) in [5, 5.41) is 8.72. The summed E-state index contributed by atoms with van der Waals surface area (Å²) in [6.07, 6.45) is 4.26. The van der Waals surface area contributed by atoms with Gasteiger partial charge in [0.2, 0.25) is 0 Å². The van der Waals surface area contributed by atoms with Gasteiger partial charge in [0.15, 0.2) is 0 Å². The van der Waals surface area contributed by atoms with Crippen LogP contribution in [0.4, 0.5) is 0 Å². The van der Waals surface area contributed by atoms with Crippen molar-refractivity contribution < 1.29 is 9.90 Å². The first kappa shape index (κ1) is 14.5. The Balaban J connectivity index is 0.00000162. The van der Waals surface area contributed by atoms with Crippen molar-refractivity contribution in [3.05, 3.63) is 54.4 Å². The van der Waals surface area contributed by atoms with Gasteiger partial charge < -0.3 is 15.4 Å². The van der Waals surface area contributed by atoms with Gasteiger partial charge in [-0.25, -0.2) is 0 Å². The SMILES string of the molecule is N[C@@H](Cc1ccc(-n2cccc2)cc1)C(=O)O.[GeH4]. The van der Waals surface area contributed by atoms with Gasteiger partial charge in [-0.05, 0) is 36.2 Å². The van der Waals surface area contributed by atoms with E-state index in [1.165, 1.54) is 0 Å². The summed E-state index contributed by atoms with van der Waals surface area (Å²) in [5.74, 6) is -0.973. The van der Waals surface area contributed by atoms with Crippen LogP contribution in [0, 0.1) is 0 Å². The van der Waals surface area contributed by atoms with E-state index in [1.54, 1.807) is 0 Å². The fraction of sp³-hybridized carbons (Fsp3) is 0.154. The summed E-state index contributed by atoms with van der Waals surface area (Å²) < 4.78 is 1.99. The summed E-state index contributed by atoms with van der Waals surface area (Å²) in [5.41, 5.74) is 7.45. The Bertz CT molecular complexity index is 494. The van der Waals surface area contributed by atoms with Crippen molar-refractivity contribution >= 4 is 23.6 Å². The summed E-state index contributed by atoms with van der Waals surface area (Å²) in [4.78, 5) is 10.6. The van der Waals surface area contributed by atoms with Gasteiger partial charge in [0, 0.05) is 18.1 Å². The standard InChI is InChI=1S/C13H14N2O2.GeH4/c14-12(13(16)17)9-10-3-5-11(6-4-10)15-7-1-2-8-15;/h1-8,12H,9,14H2,(H,16,17);1H4/t12-;/m0./s1. The van der Waals surface area contributed by atoms with Crippen LogP contribution in [0.1, 0.15) is 5.56 Å². The van der Waals surface area contributed by atoms with Gasteiger partial charge in [0.05, 0.1) is 0 Å². The Hall–Kier alpha value is -1.53. The van der Waals surface area contributed by atoms with Crippen LogP contribution < -0.4 is 5.73 Å². The Morgan fingerprint density at radius 1 is 1.22 bits per heavy atom. The Kier molecular flexibility index (Phi) is 5.18. The molecule has 0 saturated carbocycles. The maximum absolute atomic E-state index is 10.6. The molecule has 3 N–H and O–H groups in total. The first-order valence-corrected chi connectivity index (χ1v) is 5.37. The van der Waals surface area contributed by atoms with Gasteiger partial charge >= 0.3 is 23.6 Å². The molecule has 1 atom stereocenters. The summed E-state index contributed by atoms with van der Waals surface area (Å²) in [6.45, 7) is 0. The molecule has 0 aliphatic rings. The first-order valence-electron chi connectivity index (χ1n) is 5.37. The number of hydrogen-bond donors (Lipinski definition) is 2. The van der Waals surface area contributed by atoms with Crippen LogP contribution in [0.2, 0.25) is 0 Å². The number of rotatable bonds is 4. The van der Waals surface area contributed by atoms with Crippen LogP contribution in [0.5, 0.6) is 0 Å². The van der Waals surface area contributed by atoms with Crippen molar-refractivity contribution in [2.75, 3.05) is 0 Å². The Morgan fingerprint density at radius 2 is 1.78 bits per heavy atom. The third-order valence-electron chi connectivity index (χ3n) is 2.61. The molecule has 1 heterocycles. The Labute approximate surface area is 116 Å². The van der Waals surface area contributed by atoms with Crippen LogP contribution in [0.15, 0.2) is 48.8 Å². The predicted octanol–water partition coefficient (Wildman–Crippen LogP) is -0.0199. The van der Waals surface area contributed by atoms with Crippen molar-refractivity contribution in [2.45, 2.75) is 12.5 Å². The average Bonchev–Trinajstić information content (AvgIpc) is 2.83. The number of carbonyl (C=O) groups is 1. The molecule has 1 aromatic heterocycles. The van der Waals surface area contributed by atoms with Gasteiger partial charge in [-0.15, -0.1) is 0 Å². The molecule has 5 heteroatoms. The van der Waals surface area contributed by atoms with Crippen molar-refractivity contribution in [1.29, 1.82) is 0 Å². The van der Waals surface area contributed by atoms with E-state index in [0.29, 0.717) is 6.42 Å². The third kappa shape index (κ3) is 3.48. The minimum atomic E-state index is -0.973. The molecule has 96 valence electrons. The van der Waals surface area contributed by atoms with E-state index in [4.69, 9.17) is 10.8 Å². The number of carboxylic acids is 1. The number of benzene rings is 1.